The molecule has 126 valence electrons. The molecule has 0 fully saturated rings. The van der Waals surface area contributed by atoms with Gasteiger partial charge in [0, 0.05) is 24.2 Å². The SMILES string of the molecule is CC(c1ccc(Oc2ccccc2)cc1)N1Cc2cccc(Cl)c2C1. The van der Waals surface area contributed by atoms with E-state index in [1.54, 1.807) is 0 Å². The van der Waals surface area contributed by atoms with E-state index in [9.17, 15) is 0 Å². The predicted molar refractivity (Wildman–Crippen MR) is 102 cm³/mol. The molecule has 0 saturated carbocycles. The maximum absolute atomic E-state index is 6.34. The van der Waals surface area contributed by atoms with E-state index >= 15 is 0 Å². The van der Waals surface area contributed by atoms with E-state index in [0.29, 0.717) is 6.04 Å². The molecule has 0 radical (unpaired) electrons. The standard InChI is InChI=1S/C22H20ClNO/c1-16(24-14-18-6-5-9-22(23)21(18)15-24)17-10-12-20(13-11-17)25-19-7-3-2-4-8-19/h2-13,16H,14-15H2,1H3. The summed E-state index contributed by atoms with van der Waals surface area (Å²) in [4.78, 5) is 2.45. The summed E-state index contributed by atoms with van der Waals surface area (Å²) in [5.41, 5.74) is 3.88. The molecular weight excluding hydrogens is 330 g/mol. The molecule has 1 heterocycles. The molecule has 0 bridgehead atoms. The maximum atomic E-state index is 6.34. The fraction of sp³-hybridized carbons (Fsp3) is 0.182. The van der Waals surface area contributed by atoms with Gasteiger partial charge in [0.25, 0.3) is 0 Å². The van der Waals surface area contributed by atoms with Gasteiger partial charge in [0.15, 0.2) is 0 Å². The third-order valence-corrected chi connectivity index (χ3v) is 5.19. The molecule has 1 unspecified atom stereocenters. The number of halogens is 1. The average molecular weight is 350 g/mol. The molecule has 0 aliphatic carbocycles. The molecule has 0 N–H and O–H groups in total. The third-order valence-electron chi connectivity index (χ3n) is 4.84. The second kappa shape index (κ2) is 6.91. The van der Waals surface area contributed by atoms with E-state index < -0.39 is 0 Å². The first-order valence-corrected chi connectivity index (χ1v) is 8.92. The molecule has 2 nitrogen and oxygen atoms in total. The van der Waals surface area contributed by atoms with Crippen LogP contribution >= 0.6 is 11.6 Å². The Bertz CT molecular complexity index is 861. The smallest absolute Gasteiger partial charge is 0.127 e. The van der Waals surface area contributed by atoms with E-state index in [1.165, 1.54) is 16.7 Å². The molecule has 1 atom stereocenters. The van der Waals surface area contributed by atoms with Crippen molar-refractivity contribution < 1.29 is 4.74 Å². The van der Waals surface area contributed by atoms with Crippen molar-refractivity contribution in [2.24, 2.45) is 0 Å². The highest BCUT2D eigenvalue weighted by atomic mass is 35.5. The summed E-state index contributed by atoms with van der Waals surface area (Å²) in [7, 11) is 0. The molecule has 25 heavy (non-hydrogen) atoms. The van der Waals surface area contributed by atoms with Crippen molar-refractivity contribution in [1.82, 2.24) is 4.90 Å². The quantitative estimate of drug-likeness (QED) is 0.555. The van der Waals surface area contributed by atoms with Crippen molar-refractivity contribution in [3.8, 4) is 11.5 Å². The summed E-state index contributed by atoms with van der Waals surface area (Å²) in [6, 6.07) is 24.7. The van der Waals surface area contributed by atoms with E-state index in [2.05, 4.69) is 30.0 Å². The summed E-state index contributed by atoms with van der Waals surface area (Å²) in [6.45, 7) is 4.09. The highest BCUT2D eigenvalue weighted by Crippen LogP contribution is 2.35. The maximum Gasteiger partial charge on any atom is 0.127 e. The van der Waals surface area contributed by atoms with Gasteiger partial charge in [0.1, 0.15) is 11.5 Å². The van der Waals surface area contributed by atoms with Gasteiger partial charge in [-0.1, -0.05) is 54.1 Å². The van der Waals surface area contributed by atoms with Crippen molar-refractivity contribution in [2.75, 3.05) is 0 Å². The van der Waals surface area contributed by atoms with E-state index in [1.807, 2.05) is 54.6 Å². The second-order valence-corrected chi connectivity index (χ2v) is 6.85. The summed E-state index contributed by atoms with van der Waals surface area (Å²) in [6.07, 6.45) is 0. The van der Waals surface area contributed by atoms with Crippen LogP contribution in [0.4, 0.5) is 0 Å². The van der Waals surface area contributed by atoms with Crippen LogP contribution in [0, 0.1) is 0 Å². The summed E-state index contributed by atoms with van der Waals surface area (Å²) < 4.78 is 5.87. The van der Waals surface area contributed by atoms with E-state index in [-0.39, 0.29) is 0 Å². The number of fused-ring (bicyclic) bond motifs is 1. The first kappa shape index (κ1) is 16.2. The Morgan fingerprint density at radius 2 is 1.56 bits per heavy atom. The normalized spacial score (nSPS) is 15.0. The van der Waals surface area contributed by atoms with Crippen molar-refractivity contribution in [1.29, 1.82) is 0 Å². The topological polar surface area (TPSA) is 12.5 Å². The van der Waals surface area contributed by atoms with Gasteiger partial charge in [-0.05, 0) is 53.9 Å². The van der Waals surface area contributed by atoms with E-state index in [4.69, 9.17) is 16.3 Å². The number of benzene rings is 3. The number of rotatable bonds is 4. The highest BCUT2D eigenvalue weighted by Gasteiger charge is 2.25. The molecule has 0 spiro atoms. The van der Waals surface area contributed by atoms with Crippen LogP contribution in [-0.2, 0) is 13.1 Å². The lowest BCUT2D eigenvalue weighted by molar-refractivity contribution is 0.215. The van der Waals surface area contributed by atoms with Crippen LogP contribution in [-0.4, -0.2) is 4.90 Å². The molecule has 3 heteroatoms. The van der Waals surface area contributed by atoms with Gasteiger partial charge in [0.2, 0.25) is 0 Å². The lowest BCUT2D eigenvalue weighted by Crippen LogP contribution is -2.20. The van der Waals surface area contributed by atoms with Crippen molar-refractivity contribution in [3.05, 3.63) is 94.5 Å². The number of hydrogen-bond donors (Lipinski definition) is 0. The molecule has 0 saturated heterocycles. The number of hydrogen-bond acceptors (Lipinski definition) is 2. The summed E-state index contributed by atoms with van der Waals surface area (Å²) >= 11 is 6.34. The lowest BCUT2D eigenvalue weighted by Gasteiger charge is -2.24. The molecule has 0 aromatic heterocycles. The van der Waals surface area contributed by atoms with Crippen LogP contribution in [0.2, 0.25) is 5.02 Å². The third kappa shape index (κ3) is 3.41. The van der Waals surface area contributed by atoms with Gasteiger partial charge in [-0.3, -0.25) is 4.90 Å². The summed E-state index contributed by atoms with van der Waals surface area (Å²) in [5, 5.41) is 0.874. The predicted octanol–water partition coefficient (Wildman–Crippen LogP) is 6.21. The van der Waals surface area contributed by atoms with Crippen LogP contribution in [0.15, 0.2) is 72.8 Å². The Balaban J connectivity index is 1.46. The van der Waals surface area contributed by atoms with Crippen LogP contribution in [0.3, 0.4) is 0 Å². The minimum atomic E-state index is 0.328. The number of nitrogens with zero attached hydrogens (tertiary/aromatic N) is 1. The van der Waals surface area contributed by atoms with Gasteiger partial charge in [-0.25, -0.2) is 0 Å². The van der Waals surface area contributed by atoms with Crippen molar-refractivity contribution in [3.63, 3.8) is 0 Å². The van der Waals surface area contributed by atoms with Crippen LogP contribution < -0.4 is 4.74 Å². The Hall–Kier alpha value is -2.29. The Morgan fingerprint density at radius 3 is 2.28 bits per heavy atom. The minimum Gasteiger partial charge on any atom is -0.457 e. The Labute approximate surface area is 153 Å². The van der Waals surface area contributed by atoms with Crippen LogP contribution in [0.5, 0.6) is 11.5 Å². The Kier molecular flexibility index (Phi) is 4.48. The molecule has 1 aliphatic rings. The fourth-order valence-electron chi connectivity index (χ4n) is 3.33. The molecule has 3 aromatic carbocycles. The zero-order chi connectivity index (χ0) is 17.2. The van der Waals surface area contributed by atoms with Gasteiger partial charge < -0.3 is 4.74 Å². The molecule has 4 rings (SSSR count). The van der Waals surface area contributed by atoms with Crippen molar-refractivity contribution >= 4 is 11.6 Å². The lowest BCUT2D eigenvalue weighted by atomic mass is 10.1. The molecule has 0 amide bonds. The largest absolute Gasteiger partial charge is 0.457 e. The monoisotopic (exact) mass is 349 g/mol. The van der Waals surface area contributed by atoms with Gasteiger partial charge in [-0.15, -0.1) is 0 Å². The zero-order valence-electron chi connectivity index (χ0n) is 14.2. The van der Waals surface area contributed by atoms with Crippen LogP contribution in [0.25, 0.3) is 0 Å². The first-order chi connectivity index (χ1) is 12.2. The zero-order valence-corrected chi connectivity index (χ0v) is 14.9. The van der Waals surface area contributed by atoms with Gasteiger partial charge in [-0.2, -0.15) is 0 Å². The molecule has 1 aliphatic heterocycles. The summed E-state index contributed by atoms with van der Waals surface area (Å²) in [5.74, 6) is 1.71. The fourth-order valence-corrected chi connectivity index (χ4v) is 3.58. The van der Waals surface area contributed by atoms with Gasteiger partial charge in [0.05, 0.1) is 0 Å². The van der Waals surface area contributed by atoms with E-state index in [0.717, 1.165) is 29.6 Å². The number of para-hydroxylation sites is 1. The second-order valence-electron chi connectivity index (χ2n) is 6.44. The number of ether oxygens (including phenoxy) is 1. The Morgan fingerprint density at radius 1 is 0.840 bits per heavy atom. The molecular formula is C22H20ClNO. The first-order valence-electron chi connectivity index (χ1n) is 8.54. The van der Waals surface area contributed by atoms with Gasteiger partial charge >= 0.3 is 0 Å². The highest BCUT2D eigenvalue weighted by molar-refractivity contribution is 6.31. The average Bonchev–Trinajstić information content (AvgIpc) is 3.08. The minimum absolute atomic E-state index is 0.328. The molecule has 3 aromatic rings. The van der Waals surface area contributed by atoms with Crippen LogP contribution in [0.1, 0.15) is 29.7 Å². The van der Waals surface area contributed by atoms with Crippen molar-refractivity contribution in [2.45, 2.75) is 26.1 Å².